The largest absolute Gasteiger partial charge is 0.481 e. The third kappa shape index (κ3) is 3.55. The number of hydrogen-bond donors (Lipinski definition) is 2. The highest BCUT2D eigenvalue weighted by Gasteiger charge is 2.39. The lowest BCUT2D eigenvalue weighted by Crippen LogP contribution is -2.24. The maximum atomic E-state index is 13.1. The summed E-state index contributed by atoms with van der Waals surface area (Å²) in [6.07, 6.45) is 5.75. The molecule has 0 aromatic carbocycles. The van der Waals surface area contributed by atoms with E-state index in [1.807, 2.05) is 0 Å². The third-order valence-electron chi connectivity index (χ3n) is 5.67. The van der Waals surface area contributed by atoms with Crippen molar-refractivity contribution in [3.8, 4) is 5.88 Å². The second-order valence-corrected chi connectivity index (χ2v) is 8.34. The Balaban J connectivity index is 1.48. The Morgan fingerprint density at radius 2 is 2.10 bits per heavy atom. The SMILES string of the molecule is COc1cc(CNC(=O)c2c(C)oc3nc(C4CC4)nc(NC4(C)CC4)c23)ncn1. The predicted molar refractivity (Wildman–Crippen MR) is 110 cm³/mol. The fourth-order valence-corrected chi connectivity index (χ4v) is 3.46. The molecule has 9 nitrogen and oxygen atoms in total. The number of fused-ring (bicyclic) bond motifs is 1. The van der Waals surface area contributed by atoms with Gasteiger partial charge in [0.05, 0.1) is 30.3 Å². The molecule has 0 spiro atoms. The van der Waals surface area contributed by atoms with Crippen molar-refractivity contribution in [2.75, 3.05) is 12.4 Å². The molecule has 1 amide bonds. The minimum atomic E-state index is -0.254. The molecule has 2 aliphatic carbocycles. The van der Waals surface area contributed by atoms with E-state index < -0.39 is 0 Å². The van der Waals surface area contributed by atoms with Gasteiger partial charge in [-0.2, -0.15) is 4.98 Å². The van der Waals surface area contributed by atoms with Gasteiger partial charge >= 0.3 is 0 Å². The van der Waals surface area contributed by atoms with E-state index in [2.05, 4.69) is 32.5 Å². The number of hydrogen-bond acceptors (Lipinski definition) is 8. The molecule has 0 aliphatic heterocycles. The summed E-state index contributed by atoms with van der Waals surface area (Å²) in [6.45, 7) is 4.18. The highest BCUT2D eigenvalue weighted by atomic mass is 16.5. The Morgan fingerprint density at radius 3 is 2.80 bits per heavy atom. The van der Waals surface area contributed by atoms with Gasteiger partial charge in [-0.05, 0) is 39.5 Å². The number of rotatable bonds is 7. The number of methoxy groups -OCH3 is 1. The van der Waals surface area contributed by atoms with E-state index in [4.69, 9.17) is 14.1 Å². The molecule has 3 aromatic rings. The average Bonchev–Trinajstić information content (AvgIpc) is 3.66. The minimum Gasteiger partial charge on any atom is -0.481 e. The number of carbonyl (C=O) groups excluding carboxylic acids is 1. The third-order valence-corrected chi connectivity index (χ3v) is 5.67. The number of aromatic nitrogens is 4. The van der Waals surface area contributed by atoms with Gasteiger partial charge in [0.25, 0.3) is 5.91 Å². The molecule has 2 saturated carbocycles. The van der Waals surface area contributed by atoms with Crippen molar-refractivity contribution in [2.24, 2.45) is 0 Å². The quantitative estimate of drug-likeness (QED) is 0.613. The molecule has 2 N–H and O–H groups in total. The Kier molecular flexibility index (Phi) is 4.34. The summed E-state index contributed by atoms with van der Waals surface area (Å²) < 4.78 is 11.0. The van der Waals surface area contributed by atoms with Crippen LogP contribution in [-0.4, -0.2) is 38.5 Å². The van der Waals surface area contributed by atoms with Crippen LogP contribution < -0.4 is 15.4 Å². The summed E-state index contributed by atoms with van der Waals surface area (Å²) in [5.41, 5.74) is 1.58. The van der Waals surface area contributed by atoms with Crippen LogP contribution in [0.2, 0.25) is 0 Å². The lowest BCUT2D eigenvalue weighted by atomic mass is 10.1. The van der Waals surface area contributed by atoms with Gasteiger partial charge in [-0.25, -0.2) is 15.0 Å². The van der Waals surface area contributed by atoms with Crippen molar-refractivity contribution in [2.45, 2.75) is 57.5 Å². The zero-order chi connectivity index (χ0) is 20.9. The van der Waals surface area contributed by atoms with Crippen molar-refractivity contribution in [1.82, 2.24) is 25.3 Å². The molecule has 2 fully saturated rings. The number of furan rings is 1. The van der Waals surface area contributed by atoms with Crippen LogP contribution >= 0.6 is 0 Å². The van der Waals surface area contributed by atoms with Crippen LogP contribution in [0.4, 0.5) is 5.82 Å². The lowest BCUT2D eigenvalue weighted by molar-refractivity contribution is 0.0950. The van der Waals surface area contributed by atoms with Crippen molar-refractivity contribution in [3.05, 3.63) is 35.2 Å². The normalized spacial score (nSPS) is 17.0. The second kappa shape index (κ2) is 6.93. The predicted octanol–water partition coefficient (Wildman–Crippen LogP) is 3.10. The van der Waals surface area contributed by atoms with Gasteiger partial charge in [0.15, 0.2) is 0 Å². The first kappa shape index (κ1) is 18.8. The standard InChI is InChI=1S/C21H24N6O3/c1-11-15(19(28)22-9-13-8-14(29-3)24-10-23-13)16-18(27-21(2)6-7-21)25-17(12-4-5-12)26-20(16)30-11/h8,10,12H,4-7,9H2,1-3H3,(H,22,28)(H,25,26,27). The molecule has 5 rings (SSSR count). The van der Waals surface area contributed by atoms with Gasteiger partial charge in [-0.1, -0.05) is 0 Å². The Morgan fingerprint density at radius 1 is 1.30 bits per heavy atom. The molecular formula is C21H24N6O3. The maximum Gasteiger partial charge on any atom is 0.255 e. The van der Waals surface area contributed by atoms with Gasteiger partial charge in [0.1, 0.15) is 23.7 Å². The average molecular weight is 408 g/mol. The summed E-state index contributed by atoms with van der Waals surface area (Å²) in [6, 6.07) is 1.69. The van der Waals surface area contributed by atoms with Crippen molar-refractivity contribution in [1.29, 1.82) is 0 Å². The first-order valence-corrected chi connectivity index (χ1v) is 10.2. The number of carbonyl (C=O) groups is 1. The van der Waals surface area contributed by atoms with Crippen LogP contribution in [0.1, 0.15) is 66.2 Å². The Hall–Kier alpha value is -3.23. The molecule has 0 atom stereocenters. The fraction of sp³-hybridized carbons (Fsp3) is 0.476. The van der Waals surface area contributed by atoms with E-state index in [0.717, 1.165) is 31.5 Å². The first-order chi connectivity index (χ1) is 14.5. The van der Waals surface area contributed by atoms with Crippen LogP contribution in [0.5, 0.6) is 5.88 Å². The van der Waals surface area contributed by atoms with Crippen molar-refractivity contribution < 1.29 is 13.9 Å². The molecule has 2 aliphatic rings. The maximum absolute atomic E-state index is 13.1. The summed E-state index contributed by atoms with van der Waals surface area (Å²) in [4.78, 5) is 30.7. The summed E-state index contributed by atoms with van der Waals surface area (Å²) in [5, 5.41) is 7.08. The fourth-order valence-electron chi connectivity index (χ4n) is 3.46. The highest BCUT2D eigenvalue weighted by molar-refractivity contribution is 6.10. The minimum absolute atomic E-state index is 0.0124. The number of nitrogens with zero attached hydrogens (tertiary/aromatic N) is 4. The summed E-state index contributed by atoms with van der Waals surface area (Å²) in [5.74, 6) is 2.59. The van der Waals surface area contributed by atoms with Gasteiger partial charge in [0, 0.05) is 17.5 Å². The Bertz CT molecular complexity index is 1130. The van der Waals surface area contributed by atoms with Crippen LogP contribution in [0.15, 0.2) is 16.8 Å². The molecule has 9 heteroatoms. The molecule has 3 aromatic heterocycles. The molecule has 3 heterocycles. The molecule has 30 heavy (non-hydrogen) atoms. The van der Waals surface area contributed by atoms with Gasteiger partial charge in [-0.15, -0.1) is 0 Å². The van der Waals surface area contributed by atoms with E-state index in [-0.39, 0.29) is 18.0 Å². The first-order valence-electron chi connectivity index (χ1n) is 10.2. The number of aryl methyl sites for hydroxylation is 1. The topological polar surface area (TPSA) is 115 Å². The molecule has 0 radical (unpaired) electrons. The Labute approximate surface area is 173 Å². The van der Waals surface area contributed by atoms with Crippen LogP contribution in [-0.2, 0) is 6.54 Å². The van der Waals surface area contributed by atoms with E-state index in [1.165, 1.54) is 13.4 Å². The van der Waals surface area contributed by atoms with Crippen LogP contribution in [0, 0.1) is 6.92 Å². The van der Waals surface area contributed by atoms with E-state index in [1.54, 1.807) is 13.0 Å². The van der Waals surface area contributed by atoms with Gasteiger partial charge in [0.2, 0.25) is 11.6 Å². The molecule has 0 bridgehead atoms. The molecular weight excluding hydrogens is 384 g/mol. The van der Waals surface area contributed by atoms with Crippen molar-refractivity contribution >= 4 is 22.8 Å². The van der Waals surface area contributed by atoms with E-state index in [0.29, 0.717) is 45.7 Å². The smallest absolute Gasteiger partial charge is 0.255 e. The zero-order valence-electron chi connectivity index (χ0n) is 17.3. The zero-order valence-corrected chi connectivity index (χ0v) is 17.3. The van der Waals surface area contributed by atoms with Crippen molar-refractivity contribution in [3.63, 3.8) is 0 Å². The van der Waals surface area contributed by atoms with Gasteiger partial charge < -0.3 is 19.8 Å². The number of amides is 1. The second-order valence-electron chi connectivity index (χ2n) is 8.34. The molecule has 0 saturated heterocycles. The number of nitrogens with one attached hydrogen (secondary N) is 2. The van der Waals surface area contributed by atoms with Crippen LogP contribution in [0.25, 0.3) is 11.1 Å². The number of anilines is 1. The summed E-state index contributed by atoms with van der Waals surface area (Å²) in [7, 11) is 1.54. The highest BCUT2D eigenvalue weighted by Crippen LogP contribution is 2.43. The lowest BCUT2D eigenvalue weighted by Gasteiger charge is -2.14. The van der Waals surface area contributed by atoms with Gasteiger partial charge in [-0.3, -0.25) is 4.79 Å². The van der Waals surface area contributed by atoms with E-state index >= 15 is 0 Å². The van der Waals surface area contributed by atoms with Crippen LogP contribution in [0.3, 0.4) is 0 Å². The number of ether oxygens (including phenoxy) is 1. The summed E-state index contributed by atoms with van der Waals surface area (Å²) >= 11 is 0. The molecule has 0 unspecified atom stereocenters. The monoisotopic (exact) mass is 408 g/mol. The molecule has 156 valence electrons. The van der Waals surface area contributed by atoms with E-state index in [9.17, 15) is 4.79 Å².